The molecule has 0 atom stereocenters. The number of para-hydroxylation sites is 1. The van der Waals surface area contributed by atoms with Crippen molar-refractivity contribution in [2.24, 2.45) is 5.92 Å². The van der Waals surface area contributed by atoms with E-state index < -0.39 is 10.0 Å². The first-order chi connectivity index (χ1) is 13.0. The first kappa shape index (κ1) is 19.4. The molecule has 1 fully saturated rings. The maximum absolute atomic E-state index is 12.4. The number of rotatable bonds is 10. The maximum Gasteiger partial charge on any atom is 0.261 e. The van der Waals surface area contributed by atoms with Crippen LogP contribution in [0.2, 0.25) is 0 Å². The molecule has 3 rings (SSSR count). The molecule has 7 heteroatoms. The summed E-state index contributed by atoms with van der Waals surface area (Å²) in [6.07, 6.45) is 3.29. The number of benzene rings is 2. The number of carbonyl (C=O) groups excluding carboxylic acids is 1. The Hall–Kier alpha value is -2.38. The zero-order valence-corrected chi connectivity index (χ0v) is 15.9. The number of anilines is 1. The van der Waals surface area contributed by atoms with Crippen molar-refractivity contribution in [3.05, 3.63) is 60.2 Å². The van der Waals surface area contributed by atoms with Gasteiger partial charge in [-0.05, 0) is 61.6 Å². The summed E-state index contributed by atoms with van der Waals surface area (Å²) in [5.74, 6) is 0.517. The number of hydrogen-bond donors (Lipinski definition) is 2. The van der Waals surface area contributed by atoms with E-state index in [0.29, 0.717) is 24.4 Å². The van der Waals surface area contributed by atoms with Gasteiger partial charge in [0.2, 0.25) is 0 Å². The van der Waals surface area contributed by atoms with E-state index in [1.807, 2.05) is 6.07 Å². The zero-order valence-electron chi connectivity index (χ0n) is 15.1. The van der Waals surface area contributed by atoms with Gasteiger partial charge in [-0.3, -0.25) is 9.52 Å². The van der Waals surface area contributed by atoms with Crippen molar-refractivity contribution in [2.45, 2.75) is 24.2 Å². The lowest BCUT2D eigenvalue weighted by molar-refractivity contribution is 0.0937. The first-order valence-electron chi connectivity index (χ1n) is 9.08. The van der Waals surface area contributed by atoms with Crippen LogP contribution < -0.4 is 10.0 Å². The highest BCUT2D eigenvalue weighted by Gasteiger charge is 2.20. The van der Waals surface area contributed by atoms with Gasteiger partial charge in [0.25, 0.3) is 15.9 Å². The zero-order chi connectivity index (χ0) is 19.1. The minimum atomic E-state index is -3.68. The molecule has 144 valence electrons. The largest absolute Gasteiger partial charge is 0.381 e. The second-order valence-corrected chi connectivity index (χ2v) is 8.31. The molecule has 2 aromatic carbocycles. The van der Waals surface area contributed by atoms with E-state index in [2.05, 4.69) is 10.0 Å². The van der Waals surface area contributed by atoms with Crippen molar-refractivity contribution in [3.8, 4) is 0 Å². The normalized spacial score (nSPS) is 13.9. The summed E-state index contributed by atoms with van der Waals surface area (Å²) < 4.78 is 32.8. The highest BCUT2D eigenvalue weighted by atomic mass is 32.2. The van der Waals surface area contributed by atoms with Gasteiger partial charge in [0, 0.05) is 31.0 Å². The molecule has 2 N–H and O–H groups in total. The lowest BCUT2D eigenvalue weighted by atomic mass is 10.2. The van der Waals surface area contributed by atoms with Crippen molar-refractivity contribution in [2.75, 3.05) is 24.5 Å². The Balaban J connectivity index is 1.47. The third kappa shape index (κ3) is 6.08. The van der Waals surface area contributed by atoms with Gasteiger partial charge in [-0.1, -0.05) is 18.2 Å². The van der Waals surface area contributed by atoms with Crippen LogP contribution in [0, 0.1) is 5.92 Å². The van der Waals surface area contributed by atoms with Crippen LogP contribution in [0.3, 0.4) is 0 Å². The van der Waals surface area contributed by atoms with E-state index >= 15 is 0 Å². The number of carbonyl (C=O) groups is 1. The summed E-state index contributed by atoms with van der Waals surface area (Å²) in [4.78, 5) is 12.2. The molecule has 0 saturated heterocycles. The number of sulfonamides is 1. The quantitative estimate of drug-likeness (QED) is 0.613. The molecule has 1 saturated carbocycles. The molecular formula is C20H24N2O4S. The maximum atomic E-state index is 12.4. The third-order valence-corrected chi connectivity index (χ3v) is 5.65. The average Bonchev–Trinajstić information content (AvgIpc) is 3.49. The molecule has 0 unspecified atom stereocenters. The fraction of sp³-hybridized carbons (Fsp3) is 0.350. The van der Waals surface area contributed by atoms with Crippen LogP contribution in [0.15, 0.2) is 59.5 Å². The topological polar surface area (TPSA) is 84.5 Å². The summed E-state index contributed by atoms with van der Waals surface area (Å²) in [5.41, 5.74) is 0.913. The Bertz CT molecular complexity index is 847. The molecular weight excluding hydrogens is 364 g/mol. The molecule has 6 nitrogen and oxygen atoms in total. The van der Waals surface area contributed by atoms with Crippen LogP contribution >= 0.6 is 0 Å². The standard InChI is InChI=1S/C20H24N2O4S/c23-20(21-13-4-14-26-15-16-7-8-16)17-9-11-19(12-10-17)27(24,25)22-18-5-2-1-3-6-18/h1-3,5-6,9-12,16,22H,4,7-8,13-15H2,(H,21,23). The van der Waals surface area contributed by atoms with Crippen molar-refractivity contribution in [1.82, 2.24) is 5.32 Å². The van der Waals surface area contributed by atoms with Gasteiger partial charge in [-0.2, -0.15) is 0 Å². The molecule has 2 aromatic rings. The van der Waals surface area contributed by atoms with Crippen LogP contribution in [0.1, 0.15) is 29.6 Å². The minimum absolute atomic E-state index is 0.108. The van der Waals surface area contributed by atoms with Crippen LogP contribution in [-0.2, 0) is 14.8 Å². The Morgan fingerprint density at radius 2 is 1.74 bits per heavy atom. The Kier molecular flexibility index (Phi) is 6.47. The summed E-state index contributed by atoms with van der Waals surface area (Å²) >= 11 is 0. The first-order valence-corrected chi connectivity index (χ1v) is 10.6. The molecule has 0 aromatic heterocycles. The van der Waals surface area contributed by atoms with Gasteiger partial charge < -0.3 is 10.1 Å². The number of hydrogen-bond acceptors (Lipinski definition) is 4. The summed E-state index contributed by atoms with van der Waals surface area (Å²) in [6.45, 7) is 1.99. The average molecular weight is 388 g/mol. The fourth-order valence-electron chi connectivity index (χ4n) is 2.52. The predicted molar refractivity (Wildman–Crippen MR) is 104 cm³/mol. The van der Waals surface area contributed by atoms with Crippen LogP contribution in [0.5, 0.6) is 0 Å². The van der Waals surface area contributed by atoms with E-state index in [4.69, 9.17) is 4.74 Å². The van der Waals surface area contributed by atoms with Crippen LogP contribution in [0.4, 0.5) is 5.69 Å². The highest BCUT2D eigenvalue weighted by molar-refractivity contribution is 7.92. The molecule has 27 heavy (non-hydrogen) atoms. The summed E-state index contributed by atoms with van der Waals surface area (Å²) in [7, 11) is -3.68. The fourth-order valence-corrected chi connectivity index (χ4v) is 3.58. The summed E-state index contributed by atoms with van der Waals surface area (Å²) in [6, 6.07) is 14.5. The molecule has 0 bridgehead atoms. The van der Waals surface area contributed by atoms with Gasteiger partial charge in [-0.25, -0.2) is 8.42 Å². The van der Waals surface area contributed by atoms with Crippen molar-refractivity contribution >= 4 is 21.6 Å². The Morgan fingerprint density at radius 3 is 2.41 bits per heavy atom. The molecule has 0 heterocycles. The van der Waals surface area contributed by atoms with Gasteiger partial charge in [0.1, 0.15) is 0 Å². The minimum Gasteiger partial charge on any atom is -0.381 e. The van der Waals surface area contributed by atoms with E-state index in [9.17, 15) is 13.2 Å². The molecule has 0 aliphatic heterocycles. The molecule has 0 radical (unpaired) electrons. The molecule has 1 amide bonds. The van der Waals surface area contributed by atoms with Gasteiger partial charge >= 0.3 is 0 Å². The van der Waals surface area contributed by atoms with Crippen LogP contribution in [0.25, 0.3) is 0 Å². The van der Waals surface area contributed by atoms with E-state index in [0.717, 1.165) is 18.9 Å². The number of ether oxygens (including phenoxy) is 1. The number of amides is 1. The Labute approximate surface area is 160 Å². The molecule has 1 aliphatic rings. The van der Waals surface area contributed by atoms with Gasteiger partial charge in [0.15, 0.2) is 0 Å². The van der Waals surface area contributed by atoms with E-state index in [1.165, 1.54) is 37.1 Å². The van der Waals surface area contributed by atoms with Gasteiger partial charge in [0.05, 0.1) is 4.90 Å². The number of nitrogens with one attached hydrogen (secondary N) is 2. The van der Waals surface area contributed by atoms with E-state index in [1.54, 1.807) is 24.3 Å². The third-order valence-electron chi connectivity index (χ3n) is 4.25. The summed E-state index contributed by atoms with van der Waals surface area (Å²) in [5, 5.41) is 2.82. The van der Waals surface area contributed by atoms with Crippen LogP contribution in [-0.4, -0.2) is 34.1 Å². The predicted octanol–water partition coefficient (Wildman–Crippen LogP) is 3.03. The van der Waals surface area contributed by atoms with Crippen molar-refractivity contribution < 1.29 is 17.9 Å². The van der Waals surface area contributed by atoms with E-state index in [-0.39, 0.29) is 10.8 Å². The lowest BCUT2D eigenvalue weighted by Gasteiger charge is -2.09. The molecule has 1 aliphatic carbocycles. The highest BCUT2D eigenvalue weighted by Crippen LogP contribution is 2.28. The van der Waals surface area contributed by atoms with Crippen molar-refractivity contribution in [1.29, 1.82) is 0 Å². The lowest BCUT2D eigenvalue weighted by Crippen LogP contribution is -2.25. The van der Waals surface area contributed by atoms with Crippen molar-refractivity contribution in [3.63, 3.8) is 0 Å². The molecule has 0 spiro atoms. The second kappa shape index (κ2) is 9.01. The second-order valence-electron chi connectivity index (χ2n) is 6.62. The SMILES string of the molecule is O=C(NCCCOCC1CC1)c1ccc(S(=O)(=O)Nc2ccccc2)cc1. The monoisotopic (exact) mass is 388 g/mol. The smallest absolute Gasteiger partial charge is 0.261 e. The Morgan fingerprint density at radius 1 is 1.04 bits per heavy atom. The van der Waals surface area contributed by atoms with Gasteiger partial charge in [-0.15, -0.1) is 0 Å².